The fourth-order valence-corrected chi connectivity index (χ4v) is 3.66. The van der Waals surface area contributed by atoms with Crippen molar-refractivity contribution in [3.05, 3.63) is 0 Å². The van der Waals surface area contributed by atoms with Crippen molar-refractivity contribution in [2.45, 2.75) is 65.6 Å². The van der Waals surface area contributed by atoms with Crippen LogP contribution in [0.15, 0.2) is 0 Å². The first-order chi connectivity index (χ1) is 17.4. The van der Waals surface area contributed by atoms with E-state index < -0.39 is 11.2 Å². The lowest BCUT2D eigenvalue weighted by Crippen LogP contribution is -2.46. The summed E-state index contributed by atoms with van der Waals surface area (Å²) in [5.74, 6) is 0. The van der Waals surface area contributed by atoms with E-state index in [1.165, 1.54) is 0 Å². The summed E-state index contributed by atoms with van der Waals surface area (Å²) in [5, 5.41) is 3.48. The van der Waals surface area contributed by atoms with Crippen molar-refractivity contribution in [3.8, 4) is 0 Å². The highest BCUT2D eigenvalue weighted by atomic mass is 16.6. The first-order valence-corrected chi connectivity index (χ1v) is 13.7. The van der Waals surface area contributed by atoms with Crippen LogP contribution in [0.5, 0.6) is 0 Å². The molecule has 1 aliphatic heterocycles. The fraction of sp³-hybridized carbons (Fsp3) is 0.923. The first kappa shape index (κ1) is 33.4. The van der Waals surface area contributed by atoms with Crippen molar-refractivity contribution in [2.24, 2.45) is 5.73 Å². The van der Waals surface area contributed by atoms with Crippen LogP contribution < -0.4 is 11.1 Å². The molecule has 0 aromatic heterocycles. The maximum absolute atomic E-state index is 13.0. The summed E-state index contributed by atoms with van der Waals surface area (Å²) < 4.78 is 22.3. The van der Waals surface area contributed by atoms with Crippen molar-refractivity contribution in [3.63, 3.8) is 0 Å². The van der Waals surface area contributed by atoms with E-state index in [0.717, 1.165) is 45.6 Å². The quantitative estimate of drug-likeness (QED) is 0.454. The van der Waals surface area contributed by atoms with Gasteiger partial charge in [0.25, 0.3) is 0 Å². The van der Waals surface area contributed by atoms with Crippen LogP contribution in [0.3, 0.4) is 0 Å². The van der Waals surface area contributed by atoms with Gasteiger partial charge in [0, 0.05) is 52.4 Å². The van der Waals surface area contributed by atoms with E-state index in [1.807, 2.05) is 41.5 Å². The molecule has 0 atom stereocenters. The molecule has 0 spiro atoms. The number of nitrogens with zero attached hydrogens (tertiary/aromatic N) is 3. The molecule has 2 amide bonds. The minimum atomic E-state index is -0.593. The normalized spacial score (nSPS) is 17.8. The molecule has 37 heavy (non-hydrogen) atoms. The molecule has 1 saturated heterocycles. The van der Waals surface area contributed by atoms with E-state index in [9.17, 15) is 9.59 Å². The van der Waals surface area contributed by atoms with E-state index in [-0.39, 0.29) is 12.2 Å². The molecule has 11 heteroatoms. The van der Waals surface area contributed by atoms with Gasteiger partial charge in [-0.25, -0.2) is 9.59 Å². The number of amides is 2. The smallest absolute Gasteiger partial charge is 0.410 e. The standard InChI is InChI=1S/C26H53N5O6/c1-25(2,3)36-23(32)30-13-7-10-28-11-15-29(18-20-35-22-21-34-19-9-27)12-8-14-31(17-16-30)24(33)37-26(4,5)6/h28H,7-22,27H2,1-6H3. The number of hydrogen-bond acceptors (Lipinski definition) is 9. The van der Waals surface area contributed by atoms with Gasteiger partial charge in [0.1, 0.15) is 11.2 Å². The number of carbonyl (C=O) groups is 2. The predicted octanol–water partition coefficient (Wildman–Crippen LogP) is 2.14. The first-order valence-electron chi connectivity index (χ1n) is 13.7. The molecule has 218 valence electrons. The second-order valence-corrected chi connectivity index (χ2v) is 11.2. The third kappa shape index (κ3) is 17.5. The third-order valence-corrected chi connectivity index (χ3v) is 5.42. The highest BCUT2D eigenvalue weighted by molar-refractivity contribution is 5.69. The SMILES string of the molecule is CC(C)(C)OC(=O)N1CCCNCCN(CCOCCOCCN)CCCN(C(=O)OC(C)(C)C)CC1. The van der Waals surface area contributed by atoms with Gasteiger partial charge in [0.15, 0.2) is 0 Å². The molecule has 0 radical (unpaired) electrons. The Balaban J connectivity index is 2.76. The maximum Gasteiger partial charge on any atom is 0.410 e. The number of rotatable bonds is 8. The van der Waals surface area contributed by atoms with E-state index in [0.29, 0.717) is 59.2 Å². The number of ether oxygens (including phenoxy) is 4. The van der Waals surface area contributed by atoms with E-state index in [2.05, 4.69) is 10.2 Å². The highest BCUT2D eigenvalue weighted by Gasteiger charge is 2.26. The molecule has 11 nitrogen and oxygen atoms in total. The second kappa shape index (κ2) is 17.8. The van der Waals surface area contributed by atoms with E-state index in [4.69, 9.17) is 24.7 Å². The molecular formula is C26H53N5O6. The van der Waals surface area contributed by atoms with Crippen LogP contribution in [0.4, 0.5) is 9.59 Å². The number of hydrogen-bond donors (Lipinski definition) is 2. The van der Waals surface area contributed by atoms with Crippen LogP contribution in [0.1, 0.15) is 54.4 Å². The third-order valence-electron chi connectivity index (χ3n) is 5.42. The van der Waals surface area contributed by atoms with Crippen molar-refractivity contribution in [2.75, 3.05) is 91.9 Å². The molecule has 1 rings (SSSR count). The van der Waals surface area contributed by atoms with Crippen LogP contribution in [-0.4, -0.2) is 130 Å². The molecule has 0 aromatic rings. The maximum atomic E-state index is 13.0. The molecule has 0 aromatic carbocycles. The Morgan fingerprint density at radius 1 is 0.703 bits per heavy atom. The lowest BCUT2D eigenvalue weighted by Gasteiger charge is -2.32. The fourth-order valence-electron chi connectivity index (χ4n) is 3.66. The molecule has 0 bridgehead atoms. The Morgan fingerprint density at radius 2 is 1.24 bits per heavy atom. The summed E-state index contributed by atoms with van der Waals surface area (Å²) in [6, 6.07) is 0. The van der Waals surface area contributed by atoms with Crippen LogP contribution >= 0.6 is 0 Å². The van der Waals surface area contributed by atoms with Gasteiger partial charge in [0.05, 0.1) is 26.4 Å². The molecule has 1 heterocycles. The van der Waals surface area contributed by atoms with Crippen molar-refractivity contribution in [1.29, 1.82) is 0 Å². The predicted molar refractivity (Wildman–Crippen MR) is 145 cm³/mol. The van der Waals surface area contributed by atoms with Gasteiger partial charge in [-0.2, -0.15) is 0 Å². The molecule has 1 fully saturated rings. The second-order valence-electron chi connectivity index (χ2n) is 11.2. The molecule has 0 unspecified atom stereocenters. The molecule has 0 saturated carbocycles. The summed E-state index contributed by atoms with van der Waals surface area (Å²) >= 11 is 0. The van der Waals surface area contributed by atoms with Crippen LogP contribution in [0, 0.1) is 0 Å². The summed E-state index contributed by atoms with van der Waals surface area (Å²) in [4.78, 5) is 31.5. The summed E-state index contributed by atoms with van der Waals surface area (Å²) in [6.07, 6.45) is 0.851. The Kier molecular flexibility index (Phi) is 16.0. The van der Waals surface area contributed by atoms with Crippen molar-refractivity contribution in [1.82, 2.24) is 20.0 Å². The van der Waals surface area contributed by atoms with Gasteiger partial charge in [-0.05, 0) is 67.5 Å². The van der Waals surface area contributed by atoms with Gasteiger partial charge in [-0.15, -0.1) is 0 Å². The molecule has 1 aliphatic rings. The van der Waals surface area contributed by atoms with E-state index in [1.54, 1.807) is 9.80 Å². The van der Waals surface area contributed by atoms with Gasteiger partial charge < -0.3 is 39.8 Å². The van der Waals surface area contributed by atoms with Gasteiger partial charge >= 0.3 is 12.2 Å². The largest absolute Gasteiger partial charge is 0.444 e. The minimum Gasteiger partial charge on any atom is -0.444 e. The topological polar surface area (TPSA) is 119 Å². The lowest BCUT2D eigenvalue weighted by molar-refractivity contribution is 0.0125. The van der Waals surface area contributed by atoms with Crippen LogP contribution in [-0.2, 0) is 18.9 Å². The number of nitrogens with two attached hydrogens (primary N) is 1. The zero-order valence-corrected chi connectivity index (χ0v) is 24.2. The van der Waals surface area contributed by atoms with Crippen LogP contribution in [0.2, 0.25) is 0 Å². The average Bonchev–Trinajstić information content (AvgIpc) is 2.77. The van der Waals surface area contributed by atoms with Crippen molar-refractivity contribution < 1.29 is 28.5 Å². The Morgan fingerprint density at radius 3 is 1.78 bits per heavy atom. The van der Waals surface area contributed by atoms with Crippen LogP contribution in [0.25, 0.3) is 0 Å². The van der Waals surface area contributed by atoms with Gasteiger partial charge in [0.2, 0.25) is 0 Å². The Hall–Kier alpha value is -1.66. The van der Waals surface area contributed by atoms with Gasteiger partial charge in [-0.3, -0.25) is 4.90 Å². The average molecular weight is 532 g/mol. The lowest BCUT2D eigenvalue weighted by atomic mass is 10.2. The summed E-state index contributed by atoms with van der Waals surface area (Å²) in [5.41, 5.74) is 4.25. The minimum absolute atomic E-state index is 0.358. The van der Waals surface area contributed by atoms with E-state index >= 15 is 0 Å². The van der Waals surface area contributed by atoms with Gasteiger partial charge in [-0.1, -0.05) is 0 Å². The Labute approximate surface area is 224 Å². The van der Waals surface area contributed by atoms with Crippen molar-refractivity contribution >= 4 is 12.2 Å². The zero-order chi connectivity index (χ0) is 27.7. The number of carbonyl (C=O) groups excluding carboxylic acids is 2. The highest BCUT2D eigenvalue weighted by Crippen LogP contribution is 2.13. The molecule has 0 aliphatic carbocycles. The molecular weight excluding hydrogens is 478 g/mol. The summed E-state index contributed by atoms with van der Waals surface area (Å²) in [7, 11) is 0. The molecule has 3 N–H and O–H groups in total. The zero-order valence-electron chi connectivity index (χ0n) is 24.2. The summed E-state index contributed by atoms with van der Waals surface area (Å²) in [6.45, 7) is 19.9. The monoisotopic (exact) mass is 531 g/mol. The Bertz CT molecular complexity index is 638. The number of nitrogens with one attached hydrogen (secondary N) is 1.